The highest BCUT2D eigenvalue weighted by Crippen LogP contribution is 2.33. The summed E-state index contributed by atoms with van der Waals surface area (Å²) in [5.41, 5.74) is 1.10. The van der Waals surface area contributed by atoms with Gasteiger partial charge in [0.05, 0.1) is 6.54 Å². The number of pyridine rings is 1. The summed E-state index contributed by atoms with van der Waals surface area (Å²) in [5, 5.41) is 15.1. The molecule has 1 saturated carbocycles. The molecule has 1 aliphatic heterocycles. The van der Waals surface area contributed by atoms with Gasteiger partial charge in [-0.2, -0.15) is 0 Å². The summed E-state index contributed by atoms with van der Waals surface area (Å²) in [6.45, 7) is 2.96. The Balaban J connectivity index is 1.58. The third kappa shape index (κ3) is 5.54. The molecule has 1 saturated heterocycles. The van der Waals surface area contributed by atoms with E-state index in [0.717, 1.165) is 44.6 Å². The summed E-state index contributed by atoms with van der Waals surface area (Å²) in [6.07, 6.45) is 10.3. The predicted octanol–water partition coefficient (Wildman–Crippen LogP) is 0.689. The Labute approximate surface area is 165 Å². The number of carbonyl (C=O) groups excluding carboxylic acids is 1. The van der Waals surface area contributed by atoms with Gasteiger partial charge in [-0.3, -0.25) is 19.5 Å². The van der Waals surface area contributed by atoms with Gasteiger partial charge >= 0.3 is 5.97 Å². The van der Waals surface area contributed by atoms with Gasteiger partial charge in [-0.05, 0) is 43.9 Å². The van der Waals surface area contributed by atoms with Crippen LogP contribution in [0.2, 0.25) is 0 Å². The van der Waals surface area contributed by atoms with Crippen molar-refractivity contribution in [1.82, 2.24) is 20.5 Å². The number of carboxylic acid groups (broad SMARTS) is 1. The monoisotopic (exact) mass is 384 g/mol. The topological polar surface area (TPSA) is 94.6 Å². The molecule has 28 heavy (non-hydrogen) atoms. The highest BCUT2D eigenvalue weighted by atomic mass is 16.4. The van der Waals surface area contributed by atoms with E-state index in [2.05, 4.69) is 32.5 Å². The van der Waals surface area contributed by atoms with Crippen molar-refractivity contribution in [2.45, 2.75) is 31.2 Å². The van der Waals surface area contributed by atoms with Gasteiger partial charge in [-0.25, -0.2) is 0 Å². The molecule has 3 rings (SSSR count). The minimum Gasteiger partial charge on any atom is -0.480 e. The molecule has 2 unspecified atom stereocenters. The summed E-state index contributed by atoms with van der Waals surface area (Å²) < 4.78 is 0. The van der Waals surface area contributed by atoms with Crippen molar-refractivity contribution in [3.05, 3.63) is 30.1 Å². The second-order valence-corrected chi connectivity index (χ2v) is 7.64. The van der Waals surface area contributed by atoms with E-state index in [1.54, 1.807) is 0 Å². The second kappa shape index (κ2) is 9.67. The fourth-order valence-electron chi connectivity index (χ4n) is 3.83. The lowest BCUT2D eigenvalue weighted by Crippen LogP contribution is -2.46. The van der Waals surface area contributed by atoms with Crippen molar-refractivity contribution >= 4 is 11.9 Å². The van der Waals surface area contributed by atoms with Gasteiger partial charge in [0.15, 0.2) is 0 Å². The maximum atomic E-state index is 12.4. The molecule has 0 bridgehead atoms. The van der Waals surface area contributed by atoms with E-state index in [9.17, 15) is 9.59 Å². The minimum atomic E-state index is -1.09. The number of nitrogens with zero attached hydrogens (tertiary/aromatic N) is 2. The lowest BCUT2D eigenvalue weighted by Gasteiger charge is -2.35. The third-order valence-corrected chi connectivity index (χ3v) is 5.57. The number of aliphatic carboxylic acids is 1. The summed E-state index contributed by atoms with van der Waals surface area (Å²) >= 11 is 0. The average molecular weight is 384 g/mol. The molecular formula is C21H28N4O3. The Morgan fingerprint density at radius 3 is 2.86 bits per heavy atom. The molecule has 1 aromatic heterocycles. The van der Waals surface area contributed by atoms with E-state index in [0.29, 0.717) is 17.9 Å². The van der Waals surface area contributed by atoms with Crippen molar-refractivity contribution in [2.24, 2.45) is 11.8 Å². The van der Waals surface area contributed by atoms with Crippen LogP contribution >= 0.6 is 0 Å². The number of hydrogen-bond donors (Lipinski definition) is 3. The predicted molar refractivity (Wildman–Crippen MR) is 106 cm³/mol. The van der Waals surface area contributed by atoms with Gasteiger partial charge in [0.1, 0.15) is 5.92 Å². The molecule has 150 valence electrons. The van der Waals surface area contributed by atoms with Crippen molar-refractivity contribution < 1.29 is 14.7 Å². The fraction of sp³-hybridized carbons (Fsp3) is 0.571. The number of carbonyl (C=O) groups is 2. The molecule has 3 N–H and O–H groups in total. The van der Waals surface area contributed by atoms with Crippen molar-refractivity contribution in [1.29, 1.82) is 0 Å². The number of piperidine rings is 1. The molecule has 1 amide bonds. The Bertz CT molecular complexity index is 714. The van der Waals surface area contributed by atoms with Crippen molar-refractivity contribution in [2.75, 3.05) is 32.7 Å². The first-order valence-corrected chi connectivity index (χ1v) is 9.89. The number of carboxylic acids is 1. The molecule has 0 aromatic carbocycles. The van der Waals surface area contributed by atoms with Gasteiger partial charge in [0.25, 0.3) is 0 Å². The largest absolute Gasteiger partial charge is 0.480 e. The van der Waals surface area contributed by atoms with Crippen LogP contribution in [0.5, 0.6) is 0 Å². The Hall–Kier alpha value is -2.43. The zero-order valence-electron chi connectivity index (χ0n) is 16.0. The van der Waals surface area contributed by atoms with E-state index < -0.39 is 11.9 Å². The maximum Gasteiger partial charge on any atom is 0.320 e. The summed E-state index contributed by atoms with van der Waals surface area (Å²) in [7, 11) is 0. The summed E-state index contributed by atoms with van der Waals surface area (Å²) in [6, 6.07) is 6.46. The molecule has 2 fully saturated rings. The van der Waals surface area contributed by atoms with Gasteiger partial charge in [-0.15, -0.1) is 6.42 Å². The van der Waals surface area contributed by atoms with Crippen LogP contribution in [0.1, 0.15) is 30.9 Å². The summed E-state index contributed by atoms with van der Waals surface area (Å²) in [4.78, 5) is 30.2. The van der Waals surface area contributed by atoms with E-state index in [4.69, 9.17) is 11.5 Å². The number of terminal acetylenes is 1. The van der Waals surface area contributed by atoms with Crippen LogP contribution in [0.3, 0.4) is 0 Å². The Morgan fingerprint density at radius 2 is 2.21 bits per heavy atom. The highest BCUT2D eigenvalue weighted by molar-refractivity contribution is 5.80. The van der Waals surface area contributed by atoms with Crippen LogP contribution in [-0.4, -0.2) is 65.6 Å². The van der Waals surface area contributed by atoms with Crippen LogP contribution in [0.25, 0.3) is 0 Å². The zero-order valence-corrected chi connectivity index (χ0v) is 16.0. The molecule has 0 radical (unpaired) electrons. The van der Waals surface area contributed by atoms with E-state index in [1.807, 2.05) is 18.3 Å². The van der Waals surface area contributed by atoms with Gasteiger partial charge in [0.2, 0.25) is 5.91 Å². The van der Waals surface area contributed by atoms with E-state index >= 15 is 0 Å². The Morgan fingerprint density at radius 1 is 1.39 bits per heavy atom. The minimum absolute atomic E-state index is 0.0346. The standard InChI is InChI=1S/C21H28N4O3/c1-2-15(21(27)28)11-24-20(26)14-25(17-6-7-17)13-16-8-10-22-12-18(16)19-5-3-4-9-23-19/h1,3-5,9,15-18,22H,6-8,10-14H2,(H,24,26)(H,27,28)/t15?,16?,18-/m1/s1. The summed E-state index contributed by atoms with van der Waals surface area (Å²) in [5.74, 6) is 0.709. The molecule has 0 spiro atoms. The molecular weight excluding hydrogens is 356 g/mol. The van der Waals surface area contributed by atoms with Crippen molar-refractivity contribution in [3.63, 3.8) is 0 Å². The molecule has 7 heteroatoms. The van der Waals surface area contributed by atoms with E-state index in [1.165, 1.54) is 0 Å². The maximum absolute atomic E-state index is 12.4. The first-order valence-electron chi connectivity index (χ1n) is 9.89. The van der Waals surface area contributed by atoms with Gasteiger partial charge in [0, 0.05) is 43.5 Å². The van der Waals surface area contributed by atoms with Crippen LogP contribution in [-0.2, 0) is 9.59 Å². The second-order valence-electron chi connectivity index (χ2n) is 7.64. The van der Waals surface area contributed by atoms with Crippen LogP contribution in [0.15, 0.2) is 24.4 Å². The van der Waals surface area contributed by atoms with Crippen LogP contribution < -0.4 is 10.6 Å². The van der Waals surface area contributed by atoms with E-state index in [-0.39, 0.29) is 19.0 Å². The first-order chi connectivity index (χ1) is 13.6. The fourth-order valence-corrected chi connectivity index (χ4v) is 3.83. The molecule has 7 nitrogen and oxygen atoms in total. The zero-order chi connectivity index (χ0) is 19.9. The third-order valence-electron chi connectivity index (χ3n) is 5.57. The lowest BCUT2D eigenvalue weighted by atomic mass is 9.83. The molecule has 2 aliphatic rings. The number of nitrogens with one attached hydrogen (secondary N) is 2. The Kier molecular flexibility index (Phi) is 7.01. The molecule has 1 aromatic rings. The van der Waals surface area contributed by atoms with Gasteiger partial charge < -0.3 is 15.7 Å². The van der Waals surface area contributed by atoms with Gasteiger partial charge in [-0.1, -0.05) is 12.0 Å². The smallest absolute Gasteiger partial charge is 0.320 e. The lowest BCUT2D eigenvalue weighted by molar-refractivity contribution is -0.139. The molecule has 2 heterocycles. The normalized spacial score (nSPS) is 23.0. The van der Waals surface area contributed by atoms with Crippen LogP contribution in [0.4, 0.5) is 0 Å². The molecule has 1 aliphatic carbocycles. The number of amides is 1. The number of aromatic nitrogens is 1. The number of rotatable bonds is 9. The molecule has 3 atom stereocenters. The highest BCUT2D eigenvalue weighted by Gasteiger charge is 2.35. The quantitative estimate of drug-likeness (QED) is 0.543. The average Bonchev–Trinajstić information content (AvgIpc) is 3.54. The number of hydrogen-bond acceptors (Lipinski definition) is 5. The van der Waals surface area contributed by atoms with Crippen LogP contribution in [0, 0.1) is 24.2 Å². The first kappa shape index (κ1) is 20.3. The SMILES string of the molecule is C#CC(CNC(=O)CN(CC1CCNC[C@H]1c1ccccn1)C1CC1)C(=O)O. The van der Waals surface area contributed by atoms with Crippen molar-refractivity contribution in [3.8, 4) is 12.3 Å².